The molecule has 0 radical (unpaired) electrons. The minimum atomic E-state index is -0.498. The molecule has 0 heterocycles. The van der Waals surface area contributed by atoms with Gasteiger partial charge in [0.15, 0.2) is 0 Å². The van der Waals surface area contributed by atoms with Gasteiger partial charge in [0.2, 0.25) is 0 Å². The molecule has 1 aliphatic rings. The van der Waals surface area contributed by atoms with Gasteiger partial charge in [0.25, 0.3) is 5.91 Å². The van der Waals surface area contributed by atoms with Crippen LogP contribution in [0.1, 0.15) is 36.0 Å². The Kier molecular flexibility index (Phi) is 3.97. The van der Waals surface area contributed by atoms with E-state index in [1.807, 2.05) is 0 Å². The van der Waals surface area contributed by atoms with Crippen molar-refractivity contribution in [2.45, 2.75) is 25.7 Å². The topological polar surface area (TPSA) is 69.4 Å². The Morgan fingerprint density at radius 2 is 2.17 bits per heavy atom. The summed E-state index contributed by atoms with van der Waals surface area (Å²) in [4.78, 5) is 22.6. The minimum absolute atomic E-state index is 0.130. The lowest BCUT2D eigenvalue weighted by Crippen LogP contribution is -2.15. The van der Waals surface area contributed by atoms with Crippen LogP contribution in [-0.2, 0) is 4.79 Å². The van der Waals surface area contributed by atoms with Crippen LogP contribution in [-0.4, -0.2) is 18.3 Å². The van der Waals surface area contributed by atoms with E-state index in [4.69, 9.17) is 10.5 Å². The van der Waals surface area contributed by atoms with Crippen LogP contribution in [0.3, 0.4) is 0 Å². The largest absolute Gasteiger partial charge is 0.493 e. The molecule has 1 atom stereocenters. The van der Waals surface area contributed by atoms with Gasteiger partial charge in [-0.3, -0.25) is 9.59 Å². The van der Waals surface area contributed by atoms with Gasteiger partial charge >= 0.3 is 0 Å². The fourth-order valence-electron chi connectivity index (χ4n) is 2.30. The number of hydrogen-bond donors (Lipinski definition) is 1. The van der Waals surface area contributed by atoms with Crippen molar-refractivity contribution in [2.75, 3.05) is 6.61 Å². The molecular formula is C14H17NO3. The maximum atomic E-state index is 11.5. The lowest BCUT2D eigenvalue weighted by atomic mass is 10.0. The first kappa shape index (κ1) is 12.6. The Morgan fingerprint density at radius 3 is 2.83 bits per heavy atom. The summed E-state index contributed by atoms with van der Waals surface area (Å²) >= 11 is 0. The van der Waals surface area contributed by atoms with Crippen molar-refractivity contribution in [3.05, 3.63) is 29.8 Å². The summed E-state index contributed by atoms with van der Waals surface area (Å²) in [5.74, 6) is 0.463. The van der Waals surface area contributed by atoms with E-state index in [0.717, 1.165) is 12.8 Å². The molecule has 18 heavy (non-hydrogen) atoms. The third kappa shape index (κ3) is 2.88. The molecule has 1 aliphatic carbocycles. The molecule has 1 amide bonds. The monoisotopic (exact) mass is 247 g/mol. The molecule has 4 heteroatoms. The van der Waals surface area contributed by atoms with E-state index >= 15 is 0 Å². The summed E-state index contributed by atoms with van der Waals surface area (Å²) < 4.78 is 5.56. The van der Waals surface area contributed by atoms with Crippen molar-refractivity contribution >= 4 is 11.7 Å². The standard InChI is InChI=1S/C14H17NO3/c15-14(17)11-5-1-2-7-13(11)18-9-8-10-4-3-6-12(10)16/h1-2,5,7,10H,3-4,6,8-9H2,(H2,15,17). The van der Waals surface area contributed by atoms with Crippen molar-refractivity contribution in [3.8, 4) is 5.75 Å². The van der Waals surface area contributed by atoms with E-state index in [9.17, 15) is 9.59 Å². The number of carbonyl (C=O) groups is 2. The molecule has 0 spiro atoms. The van der Waals surface area contributed by atoms with Crippen molar-refractivity contribution in [1.82, 2.24) is 0 Å². The van der Waals surface area contributed by atoms with E-state index < -0.39 is 5.91 Å². The predicted molar refractivity (Wildman–Crippen MR) is 67.4 cm³/mol. The van der Waals surface area contributed by atoms with Crippen molar-refractivity contribution in [3.63, 3.8) is 0 Å². The molecule has 0 aliphatic heterocycles. The van der Waals surface area contributed by atoms with Gasteiger partial charge in [-0.15, -0.1) is 0 Å². The van der Waals surface area contributed by atoms with E-state index in [1.54, 1.807) is 24.3 Å². The number of ketones is 1. The Hall–Kier alpha value is -1.84. The van der Waals surface area contributed by atoms with Crippen molar-refractivity contribution < 1.29 is 14.3 Å². The molecule has 1 saturated carbocycles. The van der Waals surface area contributed by atoms with Crippen LogP contribution >= 0.6 is 0 Å². The van der Waals surface area contributed by atoms with E-state index in [-0.39, 0.29) is 5.92 Å². The van der Waals surface area contributed by atoms with Gasteiger partial charge in [0.05, 0.1) is 12.2 Å². The van der Waals surface area contributed by atoms with E-state index in [2.05, 4.69) is 0 Å². The predicted octanol–water partition coefficient (Wildman–Crippen LogP) is 1.92. The second kappa shape index (κ2) is 5.67. The number of amides is 1. The van der Waals surface area contributed by atoms with Crippen LogP contribution in [0, 0.1) is 5.92 Å². The molecule has 1 fully saturated rings. The molecule has 2 rings (SSSR count). The molecule has 0 aromatic heterocycles. The number of hydrogen-bond acceptors (Lipinski definition) is 3. The summed E-state index contributed by atoms with van der Waals surface area (Å²) in [5, 5.41) is 0. The smallest absolute Gasteiger partial charge is 0.252 e. The highest BCUT2D eigenvalue weighted by Crippen LogP contribution is 2.25. The van der Waals surface area contributed by atoms with Crippen LogP contribution in [0.15, 0.2) is 24.3 Å². The zero-order valence-corrected chi connectivity index (χ0v) is 10.2. The Morgan fingerprint density at radius 1 is 1.39 bits per heavy atom. The Labute approximate surface area is 106 Å². The van der Waals surface area contributed by atoms with Gasteiger partial charge in [-0.1, -0.05) is 12.1 Å². The number of nitrogens with two attached hydrogens (primary N) is 1. The summed E-state index contributed by atoms with van der Waals surface area (Å²) in [6.45, 7) is 0.445. The third-order valence-electron chi connectivity index (χ3n) is 3.31. The van der Waals surface area contributed by atoms with Crippen molar-refractivity contribution in [2.24, 2.45) is 11.7 Å². The van der Waals surface area contributed by atoms with Crippen LogP contribution < -0.4 is 10.5 Å². The van der Waals surface area contributed by atoms with Gasteiger partial charge < -0.3 is 10.5 Å². The number of ether oxygens (including phenoxy) is 1. The Balaban J connectivity index is 1.90. The summed E-state index contributed by atoms with van der Waals surface area (Å²) in [6.07, 6.45) is 3.36. The first-order chi connectivity index (χ1) is 8.68. The third-order valence-corrected chi connectivity index (χ3v) is 3.31. The molecule has 4 nitrogen and oxygen atoms in total. The van der Waals surface area contributed by atoms with Crippen LogP contribution in [0.5, 0.6) is 5.75 Å². The summed E-state index contributed by atoms with van der Waals surface area (Å²) in [7, 11) is 0. The highest BCUT2D eigenvalue weighted by Gasteiger charge is 2.24. The van der Waals surface area contributed by atoms with Crippen LogP contribution in [0.25, 0.3) is 0 Å². The molecule has 1 aromatic rings. The number of rotatable bonds is 5. The number of para-hydroxylation sites is 1. The lowest BCUT2D eigenvalue weighted by molar-refractivity contribution is -0.121. The van der Waals surface area contributed by atoms with Crippen LogP contribution in [0.4, 0.5) is 0 Å². The van der Waals surface area contributed by atoms with Crippen LogP contribution in [0.2, 0.25) is 0 Å². The average Bonchev–Trinajstić information content (AvgIpc) is 2.76. The minimum Gasteiger partial charge on any atom is -0.493 e. The fourth-order valence-corrected chi connectivity index (χ4v) is 2.30. The number of primary amides is 1. The quantitative estimate of drug-likeness (QED) is 0.864. The van der Waals surface area contributed by atoms with Crippen molar-refractivity contribution in [1.29, 1.82) is 0 Å². The molecule has 96 valence electrons. The summed E-state index contributed by atoms with van der Waals surface area (Å²) in [6, 6.07) is 6.89. The van der Waals surface area contributed by atoms with Gasteiger partial charge in [0.1, 0.15) is 11.5 Å². The van der Waals surface area contributed by atoms with E-state index in [1.165, 1.54) is 0 Å². The maximum Gasteiger partial charge on any atom is 0.252 e. The first-order valence-electron chi connectivity index (χ1n) is 6.23. The zero-order valence-electron chi connectivity index (χ0n) is 10.2. The molecule has 2 N–H and O–H groups in total. The van der Waals surface area contributed by atoms with E-state index in [0.29, 0.717) is 36.5 Å². The maximum absolute atomic E-state index is 11.5. The highest BCUT2D eigenvalue weighted by atomic mass is 16.5. The van der Waals surface area contributed by atoms with Gasteiger partial charge in [-0.25, -0.2) is 0 Å². The molecule has 0 saturated heterocycles. The number of benzene rings is 1. The fraction of sp³-hybridized carbons (Fsp3) is 0.429. The zero-order chi connectivity index (χ0) is 13.0. The second-order valence-corrected chi connectivity index (χ2v) is 4.55. The normalized spacial score (nSPS) is 18.9. The number of Topliss-reactive ketones (excluding diaryl/α,β-unsaturated/α-hetero) is 1. The van der Waals surface area contributed by atoms with Gasteiger partial charge in [-0.2, -0.15) is 0 Å². The average molecular weight is 247 g/mol. The lowest BCUT2D eigenvalue weighted by Gasteiger charge is -2.11. The van der Waals surface area contributed by atoms with Gasteiger partial charge in [-0.05, 0) is 31.4 Å². The Bertz CT molecular complexity index is 456. The first-order valence-corrected chi connectivity index (χ1v) is 6.23. The SMILES string of the molecule is NC(=O)c1ccccc1OCCC1CCCC1=O. The second-order valence-electron chi connectivity index (χ2n) is 4.55. The van der Waals surface area contributed by atoms with Gasteiger partial charge in [0, 0.05) is 12.3 Å². The summed E-state index contributed by atoms with van der Waals surface area (Å²) in [5.41, 5.74) is 5.64. The number of carbonyl (C=O) groups excluding carboxylic acids is 2. The molecule has 0 bridgehead atoms. The molecule has 1 aromatic carbocycles. The molecular weight excluding hydrogens is 230 g/mol. The highest BCUT2D eigenvalue weighted by molar-refractivity contribution is 5.95. The molecule has 1 unspecified atom stereocenters.